The van der Waals surface area contributed by atoms with E-state index in [1.54, 1.807) is 11.3 Å². The van der Waals surface area contributed by atoms with Gasteiger partial charge in [0, 0.05) is 18.5 Å². The molecule has 1 aromatic carbocycles. The first-order valence-electron chi connectivity index (χ1n) is 9.49. The van der Waals surface area contributed by atoms with Crippen LogP contribution in [0.15, 0.2) is 46.8 Å². The second-order valence-electron chi connectivity index (χ2n) is 7.02. The summed E-state index contributed by atoms with van der Waals surface area (Å²) in [5, 5.41) is 17.3. The van der Waals surface area contributed by atoms with E-state index in [2.05, 4.69) is 76.5 Å². The van der Waals surface area contributed by atoms with Crippen LogP contribution in [0.3, 0.4) is 0 Å². The molecule has 2 N–H and O–H groups in total. The Morgan fingerprint density at radius 3 is 2.66 bits per heavy atom. The van der Waals surface area contributed by atoms with Gasteiger partial charge in [-0.3, -0.25) is 0 Å². The van der Waals surface area contributed by atoms with E-state index in [0.717, 1.165) is 30.7 Å². The highest BCUT2D eigenvalue weighted by Gasteiger charge is 2.09. The van der Waals surface area contributed by atoms with Crippen LogP contribution in [0.4, 0.5) is 0 Å². The number of hydrogen-bond acceptors (Lipinski definition) is 4. The van der Waals surface area contributed by atoms with E-state index in [0.29, 0.717) is 12.5 Å². The fourth-order valence-electron chi connectivity index (χ4n) is 2.84. The second kappa shape index (κ2) is 11.3. The summed E-state index contributed by atoms with van der Waals surface area (Å²) in [4.78, 5) is 6.00. The SMILES string of the molecule is Cc1cccc(C(C)CNC(=NCc2nnc(C)n2C)NCc2cccs2)c1.I. The lowest BCUT2D eigenvalue weighted by Crippen LogP contribution is -2.38. The molecule has 0 saturated heterocycles. The van der Waals surface area contributed by atoms with Crippen molar-refractivity contribution >= 4 is 41.3 Å². The first kappa shape index (κ1) is 23.3. The van der Waals surface area contributed by atoms with Gasteiger partial charge in [-0.15, -0.1) is 45.5 Å². The van der Waals surface area contributed by atoms with Crippen LogP contribution in [-0.4, -0.2) is 27.3 Å². The number of benzene rings is 1. The minimum atomic E-state index is 0. The number of halogens is 1. The summed E-state index contributed by atoms with van der Waals surface area (Å²) in [6.07, 6.45) is 0. The molecule has 1 unspecified atom stereocenters. The van der Waals surface area contributed by atoms with Crippen molar-refractivity contribution < 1.29 is 0 Å². The minimum Gasteiger partial charge on any atom is -0.356 e. The molecule has 29 heavy (non-hydrogen) atoms. The van der Waals surface area contributed by atoms with Gasteiger partial charge in [-0.2, -0.15) is 0 Å². The quantitative estimate of drug-likeness (QED) is 0.277. The smallest absolute Gasteiger partial charge is 0.192 e. The molecule has 0 saturated carbocycles. The maximum Gasteiger partial charge on any atom is 0.192 e. The largest absolute Gasteiger partial charge is 0.356 e. The summed E-state index contributed by atoms with van der Waals surface area (Å²) in [5.41, 5.74) is 2.61. The van der Waals surface area contributed by atoms with E-state index in [4.69, 9.17) is 4.99 Å². The average Bonchev–Trinajstić information content (AvgIpc) is 3.32. The number of guanidine groups is 1. The molecule has 0 fully saturated rings. The summed E-state index contributed by atoms with van der Waals surface area (Å²) in [5.74, 6) is 2.90. The third-order valence-corrected chi connectivity index (χ3v) is 5.63. The van der Waals surface area contributed by atoms with Crippen molar-refractivity contribution in [2.75, 3.05) is 6.54 Å². The van der Waals surface area contributed by atoms with E-state index in [1.807, 2.05) is 18.5 Å². The standard InChI is InChI=1S/C21H28N6S.HI/c1-15-7-5-8-18(11-15)16(2)12-22-21(23-13-19-9-6-10-28-19)24-14-20-26-25-17(3)27(20)4;/h5-11,16H,12-14H2,1-4H3,(H2,22,23,24);1H. The van der Waals surface area contributed by atoms with Crippen LogP contribution < -0.4 is 10.6 Å². The Labute approximate surface area is 193 Å². The normalized spacial score (nSPS) is 12.3. The van der Waals surface area contributed by atoms with Crippen molar-refractivity contribution in [1.29, 1.82) is 0 Å². The van der Waals surface area contributed by atoms with Crippen molar-refractivity contribution in [2.45, 2.75) is 39.8 Å². The molecular formula is C21H29IN6S. The summed E-state index contributed by atoms with van der Waals surface area (Å²) < 4.78 is 1.97. The number of aliphatic imine (C=N–C) groups is 1. The molecule has 8 heteroatoms. The van der Waals surface area contributed by atoms with Crippen molar-refractivity contribution in [3.63, 3.8) is 0 Å². The molecule has 2 heterocycles. The maximum absolute atomic E-state index is 4.73. The molecule has 0 aliphatic rings. The topological polar surface area (TPSA) is 67.1 Å². The molecule has 0 aliphatic heterocycles. The number of rotatable bonds is 7. The lowest BCUT2D eigenvalue weighted by molar-refractivity contribution is 0.691. The van der Waals surface area contributed by atoms with Crippen LogP contribution in [0.1, 0.15) is 40.5 Å². The van der Waals surface area contributed by atoms with Gasteiger partial charge in [-0.05, 0) is 36.8 Å². The van der Waals surface area contributed by atoms with Gasteiger partial charge >= 0.3 is 0 Å². The van der Waals surface area contributed by atoms with E-state index >= 15 is 0 Å². The highest BCUT2D eigenvalue weighted by molar-refractivity contribution is 14.0. The summed E-state index contributed by atoms with van der Waals surface area (Å²) in [7, 11) is 1.96. The number of nitrogens with one attached hydrogen (secondary N) is 2. The van der Waals surface area contributed by atoms with Crippen molar-refractivity contribution in [3.8, 4) is 0 Å². The molecule has 0 radical (unpaired) electrons. The number of nitrogens with zero attached hydrogens (tertiary/aromatic N) is 4. The fraction of sp³-hybridized carbons (Fsp3) is 0.381. The number of aromatic nitrogens is 3. The zero-order valence-electron chi connectivity index (χ0n) is 17.3. The molecule has 6 nitrogen and oxygen atoms in total. The molecule has 1 atom stereocenters. The molecule has 3 rings (SSSR count). The fourth-order valence-corrected chi connectivity index (χ4v) is 3.49. The van der Waals surface area contributed by atoms with Gasteiger partial charge < -0.3 is 15.2 Å². The zero-order valence-corrected chi connectivity index (χ0v) is 20.5. The zero-order chi connectivity index (χ0) is 19.9. The van der Waals surface area contributed by atoms with Crippen LogP contribution in [0.2, 0.25) is 0 Å². The third-order valence-electron chi connectivity index (χ3n) is 4.76. The van der Waals surface area contributed by atoms with E-state index in [1.165, 1.54) is 16.0 Å². The highest BCUT2D eigenvalue weighted by Crippen LogP contribution is 2.15. The lowest BCUT2D eigenvalue weighted by Gasteiger charge is -2.17. The van der Waals surface area contributed by atoms with E-state index in [-0.39, 0.29) is 24.0 Å². The van der Waals surface area contributed by atoms with Crippen LogP contribution in [-0.2, 0) is 20.1 Å². The first-order valence-corrected chi connectivity index (χ1v) is 10.4. The monoisotopic (exact) mass is 524 g/mol. The Kier molecular flexibility index (Phi) is 9.09. The molecule has 0 amide bonds. The third kappa shape index (κ3) is 6.81. The predicted molar refractivity (Wildman–Crippen MR) is 131 cm³/mol. The summed E-state index contributed by atoms with van der Waals surface area (Å²) >= 11 is 1.74. The summed E-state index contributed by atoms with van der Waals surface area (Å²) in [6, 6.07) is 12.8. The Balaban J connectivity index is 0.00000300. The van der Waals surface area contributed by atoms with Crippen molar-refractivity contribution in [3.05, 3.63) is 69.4 Å². The van der Waals surface area contributed by atoms with Crippen LogP contribution in [0.25, 0.3) is 0 Å². The molecule has 0 aliphatic carbocycles. The molecule has 0 spiro atoms. The second-order valence-corrected chi connectivity index (χ2v) is 8.05. The Bertz CT molecular complexity index is 919. The Morgan fingerprint density at radius 1 is 1.17 bits per heavy atom. The average molecular weight is 524 g/mol. The van der Waals surface area contributed by atoms with E-state index in [9.17, 15) is 0 Å². The van der Waals surface area contributed by atoms with E-state index < -0.39 is 0 Å². The van der Waals surface area contributed by atoms with Crippen LogP contribution >= 0.6 is 35.3 Å². The lowest BCUT2D eigenvalue weighted by atomic mass is 9.99. The molecule has 0 bridgehead atoms. The van der Waals surface area contributed by atoms with Crippen LogP contribution in [0.5, 0.6) is 0 Å². The maximum atomic E-state index is 4.73. The predicted octanol–water partition coefficient (Wildman–Crippen LogP) is 4.15. The minimum absolute atomic E-state index is 0. The highest BCUT2D eigenvalue weighted by atomic mass is 127. The van der Waals surface area contributed by atoms with Gasteiger partial charge in [0.2, 0.25) is 0 Å². The van der Waals surface area contributed by atoms with Gasteiger partial charge in [0.15, 0.2) is 11.8 Å². The number of hydrogen-bond donors (Lipinski definition) is 2. The Morgan fingerprint density at radius 2 is 2.00 bits per heavy atom. The number of aryl methyl sites for hydroxylation is 2. The van der Waals surface area contributed by atoms with Crippen LogP contribution in [0, 0.1) is 13.8 Å². The molecular weight excluding hydrogens is 495 g/mol. The number of thiophene rings is 1. The summed E-state index contributed by atoms with van der Waals surface area (Å²) in [6.45, 7) is 8.33. The Hall–Kier alpha value is -1.94. The molecule has 3 aromatic rings. The van der Waals surface area contributed by atoms with Gasteiger partial charge in [0.25, 0.3) is 0 Å². The first-order chi connectivity index (χ1) is 13.5. The van der Waals surface area contributed by atoms with Crippen molar-refractivity contribution in [2.24, 2.45) is 12.0 Å². The van der Waals surface area contributed by atoms with Gasteiger partial charge in [0.1, 0.15) is 12.4 Å². The molecule has 156 valence electrons. The van der Waals surface area contributed by atoms with Gasteiger partial charge in [-0.25, -0.2) is 4.99 Å². The molecule has 2 aromatic heterocycles. The van der Waals surface area contributed by atoms with Gasteiger partial charge in [-0.1, -0.05) is 42.8 Å². The van der Waals surface area contributed by atoms with Crippen molar-refractivity contribution in [1.82, 2.24) is 25.4 Å². The van der Waals surface area contributed by atoms with Gasteiger partial charge in [0.05, 0.1) is 6.54 Å².